The number of hydrogen-bond donors (Lipinski definition) is 1. The molecule has 5 rings (SSSR count). The molecule has 1 amide bonds. The third-order valence-corrected chi connectivity index (χ3v) is 5.59. The number of amides is 1. The van der Waals surface area contributed by atoms with Crippen LogP contribution in [0.1, 0.15) is 0 Å². The summed E-state index contributed by atoms with van der Waals surface area (Å²) in [4.78, 5) is 25.9. The second-order valence-corrected chi connectivity index (χ2v) is 8.02. The Morgan fingerprint density at radius 3 is 2.24 bits per heavy atom. The van der Waals surface area contributed by atoms with E-state index in [0.717, 1.165) is 5.75 Å². The molecule has 0 aliphatic rings. The summed E-state index contributed by atoms with van der Waals surface area (Å²) in [7, 11) is 0. The molecule has 6 heteroatoms. The number of rotatable bonds is 5. The van der Waals surface area contributed by atoms with Crippen molar-refractivity contribution in [3.05, 3.63) is 112 Å². The fourth-order valence-corrected chi connectivity index (χ4v) is 4.02. The van der Waals surface area contributed by atoms with Gasteiger partial charge in [-0.1, -0.05) is 41.9 Å². The van der Waals surface area contributed by atoms with Crippen LogP contribution in [-0.2, 0) is 11.3 Å². The van der Waals surface area contributed by atoms with Crippen LogP contribution in [0.4, 0.5) is 5.69 Å². The monoisotopic (exact) mass is 454 g/mol. The zero-order chi connectivity index (χ0) is 22.8. The van der Waals surface area contributed by atoms with Crippen molar-refractivity contribution in [3.63, 3.8) is 0 Å². The number of carbonyl (C=O) groups excluding carboxylic acids is 1. The van der Waals surface area contributed by atoms with Gasteiger partial charge in [-0.2, -0.15) is 0 Å². The Kier molecular flexibility index (Phi) is 5.55. The number of nitrogens with one attached hydrogen (secondary N) is 1. The van der Waals surface area contributed by atoms with Gasteiger partial charge in [-0.05, 0) is 66.7 Å². The molecule has 0 radical (unpaired) electrons. The van der Waals surface area contributed by atoms with Crippen molar-refractivity contribution in [3.8, 4) is 11.5 Å². The van der Waals surface area contributed by atoms with E-state index in [0.29, 0.717) is 38.3 Å². The van der Waals surface area contributed by atoms with Crippen LogP contribution in [-0.4, -0.2) is 10.5 Å². The van der Waals surface area contributed by atoms with E-state index in [-0.39, 0.29) is 17.9 Å². The Labute approximate surface area is 194 Å². The maximum absolute atomic E-state index is 12.9. The van der Waals surface area contributed by atoms with Crippen LogP contribution in [0.25, 0.3) is 21.8 Å². The highest BCUT2D eigenvalue weighted by molar-refractivity contribution is 6.31. The number of carbonyl (C=O) groups is 1. The van der Waals surface area contributed by atoms with Gasteiger partial charge in [-0.15, -0.1) is 0 Å². The number of halogens is 1. The average Bonchev–Trinajstić information content (AvgIpc) is 2.84. The lowest BCUT2D eigenvalue weighted by molar-refractivity contribution is -0.116. The Hall–Kier alpha value is -4.09. The molecule has 0 aliphatic heterocycles. The van der Waals surface area contributed by atoms with Gasteiger partial charge in [0.15, 0.2) is 5.43 Å². The lowest BCUT2D eigenvalue weighted by atomic mass is 10.1. The van der Waals surface area contributed by atoms with Gasteiger partial charge in [0.25, 0.3) is 0 Å². The van der Waals surface area contributed by atoms with Crippen LogP contribution in [0.5, 0.6) is 11.5 Å². The summed E-state index contributed by atoms with van der Waals surface area (Å²) < 4.78 is 7.63. The lowest BCUT2D eigenvalue weighted by Crippen LogP contribution is -2.21. The molecule has 0 unspecified atom stereocenters. The van der Waals surface area contributed by atoms with Crippen LogP contribution in [0.3, 0.4) is 0 Å². The van der Waals surface area contributed by atoms with Crippen LogP contribution < -0.4 is 15.5 Å². The number of ether oxygens (including phenoxy) is 1. The van der Waals surface area contributed by atoms with E-state index >= 15 is 0 Å². The first kappa shape index (κ1) is 20.8. The maximum atomic E-state index is 12.9. The first-order valence-electron chi connectivity index (χ1n) is 10.4. The molecule has 0 aliphatic carbocycles. The molecule has 0 atom stereocenters. The van der Waals surface area contributed by atoms with Crippen LogP contribution in [0.2, 0.25) is 5.02 Å². The van der Waals surface area contributed by atoms with Crippen molar-refractivity contribution in [2.75, 3.05) is 5.32 Å². The summed E-state index contributed by atoms with van der Waals surface area (Å²) in [6.07, 6.45) is 0. The molecule has 0 fully saturated rings. The average molecular weight is 455 g/mol. The fourth-order valence-electron chi connectivity index (χ4n) is 3.85. The second kappa shape index (κ2) is 8.81. The smallest absolute Gasteiger partial charge is 0.244 e. The summed E-state index contributed by atoms with van der Waals surface area (Å²) >= 11 is 6.13. The van der Waals surface area contributed by atoms with E-state index in [1.807, 2.05) is 53.1 Å². The Morgan fingerprint density at radius 2 is 1.45 bits per heavy atom. The second-order valence-electron chi connectivity index (χ2n) is 7.58. The van der Waals surface area contributed by atoms with E-state index in [1.165, 1.54) is 0 Å². The molecular formula is C27H19ClN2O3. The normalized spacial score (nSPS) is 10.9. The van der Waals surface area contributed by atoms with Gasteiger partial charge >= 0.3 is 0 Å². The third-order valence-electron chi connectivity index (χ3n) is 5.35. The van der Waals surface area contributed by atoms with Gasteiger partial charge in [-0.25, -0.2) is 0 Å². The van der Waals surface area contributed by atoms with E-state index < -0.39 is 0 Å². The minimum Gasteiger partial charge on any atom is -0.457 e. The number of benzene rings is 4. The number of anilines is 1. The maximum Gasteiger partial charge on any atom is 0.244 e. The number of hydrogen-bond acceptors (Lipinski definition) is 3. The highest BCUT2D eigenvalue weighted by atomic mass is 35.5. The van der Waals surface area contributed by atoms with Crippen molar-refractivity contribution < 1.29 is 9.53 Å². The van der Waals surface area contributed by atoms with E-state index in [1.54, 1.807) is 48.5 Å². The summed E-state index contributed by atoms with van der Waals surface area (Å²) in [5.74, 6) is 1.21. The van der Waals surface area contributed by atoms with Gasteiger partial charge in [0.05, 0.1) is 11.0 Å². The number of pyridine rings is 1. The zero-order valence-electron chi connectivity index (χ0n) is 17.5. The van der Waals surface area contributed by atoms with Crippen molar-refractivity contribution in [1.29, 1.82) is 0 Å². The van der Waals surface area contributed by atoms with Crippen LogP contribution >= 0.6 is 11.6 Å². The number of fused-ring (bicyclic) bond motifs is 2. The minimum atomic E-state index is -0.211. The van der Waals surface area contributed by atoms with Crippen LogP contribution in [0, 0.1) is 0 Å². The molecule has 0 saturated carbocycles. The molecule has 0 bridgehead atoms. The topological polar surface area (TPSA) is 60.3 Å². The van der Waals surface area contributed by atoms with E-state index in [4.69, 9.17) is 16.3 Å². The Bertz CT molecular complexity index is 1530. The molecule has 162 valence electrons. The first-order valence-corrected chi connectivity index (χ1v) is 10.8. The predicted octanol–water partition coefficient (Wildman–Crippen LogP) is 6.24. The van der Waals surface area contributed by atoms with Crippen molar-refractivity contribution in [2.24, 2.45) is 0 Å². The number of para-hydroxylation sites is 2. The highest BCUT2D eigenvalue weighted by Gasteiger charge is 2.14. The zero-order valence-corrected chi connectivity index (χ0v) is 18.3. The largest absolute Gasteiger partial charge is 0.457 e. The van der Waals surface area contributed by atoms with Gasteiger partial charge in [-0.3, -0.25) is 9.59 Å². The number of aromatic nitrogens is 1. The molecule has 33 heavy (non-hydrogen) atoms. The molecule has 0 spiro atoms. The Balaban J connectivity index is 1.41. The SMILES string of the molecule is O=C(Cn1c2ccccc2c(=O)c2cc(Cl)ccc21)Nc1ccc(Oc2ccccc2)cc1. The molecular weight excluding hydrogens is 436 g/mol. The summed E-state index contributed by atoms with van der Waals surface area (Å²) in [6, 6.07) is 29.1. The van der Waals surface area contributed by atoms with E-state index in [9.17, 15) is 9.59 Å². The van der Waals surface area contributed by atoms with Gasteiger partial charge < -0.3 is 14.6 Å². The minimum absolute atomic E-state index is 0.0428. The molecule has 0 saturated heterocycles. The van der Waals surface area contributed by atoms with Gasteiger partial charge in [0.1, 0.15) is 18.0 Å². The van der Waals surface area contributed by atoms with Crippen molar-refractivity contribution >= 4 is 45.0 Å². The molecule has 5 aromatic rings. The standard InChI is InChI=1S/C27H19ClN2O3/c28-18-10-15-25-23(16-18)27(32)22-8-4-5-9-24(22)30(25)17-26(31)29-19-11-13-21(14-12-19)33-20-6-2-1-3-7-20/h1-16H,17H2,(H,29,31). The van der Waals surface area contributed by atoms with Crippen molar-refractivity contribution in [1.82, 2.24) is 4.57 Å². The first-order chi connectivity index (χ1) is 16.1. The number of nitrogens with zero attached hydrogens (tertiary/aromatic N) is 1. The molecule has 4 aromatic carbocycles. The van der Waals surface area contributed by atoms with Gasteiger partial charge in [0.2, 0.25) is 5.91 Å². The Morgan fingerprint density at radius 1 is 0.788 bits per heavy atom. The summed E-state index contributed by atoms with van der Waals surface area (Å²) in [5.41, 5.74) is 1.90. The third kappa shape index (κ3) is 4.31. The molecule has 1 heterocycles. The highest BCUT2D eigenvalue weighted by Crippen LogP contribution is 2.24. The van der Waals surface area contributed by atoms with E-state index in [2.05, 4.69) is 5.32 Å². The molecule has 1 aromatic heterocycles. The van der Waals surface area contributed by atoms with Crippen LogP contribution in [0.15, 0.2) is 102 Å². The molecule has 5 nitrogen and oxygen atoms in total. The molecule has 1 N–H and O–H groups in total. The fraction of sp³-hybridized carbons (Fsp3) is 0.0370. The summed E-state index contributed by atoms with van der Waals surface area (Å²) in [6.45, 7) is 0.0428. The van der Waals surface area contributed by atoms with Crippen molar-refractivity contribution in [2.45, 2.75) is 6.54 Å². The summed E-state index contributed by atoms with van der Waals surface area (Å²) in [5, 5.41) is 4.42. The predicted molar refractivity (Wildman–Crippen MR) is 132 cm³/mol. The lowest BCUT2D eigenvalue weighted by Gasteiger charge is -2.15. The van der Waals surface area contributed by atoms with Gasteiger partial charge in [0, 0.05) is 21.5 Å². The quantitative estimate of drug-likeness (QED) is 0.320.